The normalized spacial score (nSPS) is 13.2. The first-order valence-electron chi connectivity index (χ1n) is 14.4. The van der Waals surface area contributed by atoms with Crippen molar-refractivity contribution in [2.45, 2.75) is 37.5 Å². The quantitative estimate of drug-likeness (QED) is 0.0901. The average molecular weight is 667 g/mol. The number of esters is 1. The Morgan fingerprint density at radius 3 is 2.59 bits per heavy atom. The van der Waals surface area contributed by atoms with Gasteiger partial charge in [0.2, 0.25) is 5.13 Å². The maximum Gasteiger partial charge on any atom is 0.357 e. The molecule has 3 N–H and O–H groups in total. The Hall–Kier alpha value is -4.30. The Labute approximate surface area is 271 Å². The van der Waals surface area contributed by atoms with Crippen LogP contribution in [0, 0.1) is 17.6 Å². The number of rotatable bonds is 11. The number of thiazole rings is 1. The van der Waals surface area contributed by atoms with Crippen LogP contribution in [-0.2, 0) is 32.9 Å². The van der Waals surface area contributed by atoms with Gasteiger partial charge in [0.25, 0.3) is 0 Å². The van der Waals surface area contributed by atoms with Crippen molar-refractivity contribution in [1.82, 2.24) is 20.9 Å². The van der Waals surface area contributed by atoms with E-state index in [4.69, 9.17) is 14.6 Å². The summed E-state index contributed by atoms with van der Waals surface area (Å²) in [7, 11) is 1.54. The summed E-state index contributed by atoms with van der Waals surface area (Å²) >= 11 is -1.84. The van der Waals surface area contributed by atoms with Crippen LogP contribution in [0.3, 0.4) is 0 Å². The SMILES string of the molecule is CCOC(=O)c1csc(-n2nc(-c3ccc(F)c(-c4cccc(OC)c4)c3)c(Cc3ccc([SH+](=O)[O-])c(F)c3)c2CC2CC2)n1.N. The van der Waals surface area contributed by atoms with E-state index in [0.29, 0.717) is 51.2 Å². The summed E-state index contributed by atoms with van der Waals surface area (Å²) in [5, 5.41) is 7.06. The summed E-state index contributed by atoms with van der Waals surface area (Å²) in [4.78, 5) is 16.6. The van der Waals surface area contributed by atoms with E-state index >= 15 is 4.39 Å². The van der Waals surface area contributed by atoms with Gasteiger partial charge in [0.1, 0.15) is 11.6 Å². The number of hydrogen-bond acceptors (Lipinski definition) is 9. The molecule has 1 unspecified atom stereocenters. The Morgan fingerprint density at radius 2 is 1.89 bits per heavy atom. The summed E-state index contributed by atoms with van der Waals surface area (Å²) in [5.74, 6) is -0.789. The molecule has 13 heteroatoms. The van der Waals surface area contributed by atoms with Crippen LogP contribution in [0.5, 0.6) is 5.75 Å². The third-order valence-corrected chi connectivity index (χ3v) is 9.21. The second-order valence-electron chi connectivity index (χ2n) is 10.7. The summed E-state index contributed by atoms with van der Waals surface area (Å²) in [6, 6.07) is 15.9. The Balaban J connectivity index is 0.00000417. The predicted octanol–water partition coefficient (Wildman–Crippen LogP) is 7.02. The lowest BCUT2D eigenvalue weighted by Crippen LogP contribution is -2.08. The first-order valence-corrected chi connectivity index (χ1v) is 16.4. The number of methoxy groups -OCH3 is 1. The number of ether oxygens (including phenoxy) is 2. The largest absolute Gasteiger partial charge is 0.612 e. The standard InChI is InChI=1S/C33H29F2N3O5S2.H3N/c1-3-43-32(39)28-18-44-33(36-28)38-29(15-19-7-8-19)25(13-20-9-12-30(45(40)41)27(35)14-20)31(37-38)22-10-11-26(34)24(17-22)21-5-4-6-23(16-21)42-2;/h4-6,9-12,14,16-19,45H,3,7-8,13,15H2,1-2H3;1H3. The highest BCUT2D eigenvalue weighted by atomic mass is 32.2. The van der Waals surface area contributed by atoms with E-state index in [1.54, 1.807) is 66.6 Å². The van der Waals surface area contributed by atoms with Gasteiger partial charge in [-0.15, -0.1) is 15.5 Å². The van der Waals surface area contributed by atoms with Crippen molar-refractivity contribution in [2.24, 2.45) is 5.92 Å². The molecular weight excluding hydrogens is 635 g/mol. The first kappa shape index (κ1) is 33.1. The van der Waals surface area contributed by atoms with Gasteiger partial charge < -0.3 is 20.2 Å². The zero-order valence-corrected chi connectivity index (χ0v) is 26.9. The van der Waals surface area contributed by atoms with E-state index in [9.17, 15) is 17.9 Å². The number of aromatic nitrogens is 3. The summed E-state index contributed by atoms with van der Waals surface area (Å²) < 4.78 is 65.2. The van der Waals surface area contributed by atoms with E-state index in [1.807, 2.05) is 0 Å². The summed E-state index contributed by atoms with van der Waals surface area (Å²) in [6.07, 6.45) is 2.98. The second kappa shape index (κ2) is 14.0. The number of carbonyl (C=O) groups excluding carboxylic acids is 1. The molecule has 1 atom stereocenters. The molecule has 0 radical (unpaired) electrons. The van der Waals surface area contributed by atoms with Gasteiger partial charge in [0.05, 0.1) is 36.2 Å². The fourth-order valence-corrected chi connectivity index (χ4v) is 6.43. The number of carbonyl (C=O) groups is 1. The highest BCUT2D eigenvalue weighted by Crippen LogP contribution is 2.39. The molecule has 3 aromatic carbocycles. The number of nitrogens with zero attached hydrogens (tertiary/aromatic N) is 3. The molecule has 2 aromatic heterocycles. The van der Waals surface area contributed by atoms with Gasteiger partial charge >= 0.3 is 5.97 Å². The number of thiol groups is 1. The van der Waals surface area contributed by atoms with Crippen molar-refractivity contribution in [3.63, 3.8) is 0 Å². The number of hydrogen-bond donors (Lipinski definition) is 1. The fraction of sp³-hybridized carbons (Fsp3) is 0.242. The van der Waals surface area contributed by atoms with Crippen LogP contribution in [0.2, 0.25) is 0 Å². The molecule has 1 aliphatic carbocycles. The molecular formula is C33H32F2N4O5S2. The Morgan fingerprint density at radius 1 is 1.09 bits per heavy atom. The Bertz CT molecular complexity index is 1920. The first-order chi connectivity index (χ1) is 21.7. The topological polar surface area (TPSA) is 141 Å². The van der Waals surface area contributed by atoms with Gasteiger partial charge in [0.15, 0.2) is 16.4 Å². The molecule has 1 aliphatic rings. The summed E-state index contributed by atoms with van der Waals surface area (Å²) in [5.41, 5.74) is 4.47. The lowest BCUT2D eigenvalue weighted by molar-refractivity contribution is 0.0520. The van der Waals surface area contributed by atoms with E-state index in [0.717, 1.165) is 24.1 Å². The molecule has 46 heavy (non-hydrogen) atoms. The van der Waals surface area contributed by atoms with E-state index in [1.165, 1.54) is 29.5 Å². The molecule has 1 fully saturated rings. The van der Waals surface area contributed by atoms with Crippen LogP contribution < -0.4 is 10.9 Å². The van der Waals surface area contributed by atoms with Crippen molar-refractivity contribution in [3.8, 4) is 33.3 Å². The fourth-order valence-electron chi connectivity index (χ4n) is 5.22. The van der Waals surface area contributed by atoms with Gasteiger partial charge in [-0.1, -0.05) is 18.2 Å². The molecule has 0 aliphatic heterocycles. The van der Waals surface area contributed by atoms with E-state index in [-0.39, 0.29) is 29.8 Å². The Kier molecular flexibility index (Phi) is 10.1. The predicted molar refractivity (Wildman–Crippen MR) is 172 cm³/mol. The van der Waals surface area contributed by atoms with Crippen LogP contribution >= 0.6 is 11.3 Å². The average Bonchev–Trinajstić information content (AvgIpc) is 3.60. The lowest BCUT2D eigenvalue weighted by Gasteiger charge is -2.11. The van der Waals surface area contributed by atoms with Crippen molar-refractivity contribution < 1.29 is 31.8 Å². The van der Waals surface area contributed by atoms with Gasteiger partial charge in [-0.05, 0) is 85.7 Å². The molecule has 0 bridgehead atoms. The number of halogens is 2. The molecule has 1 saturated carbocycles. The third-order valence-electron chi connectivity index (χ3n) is 7.64. The van der Waals surface area contributed by atoms with Crippen molar-refractivity contribution >= 4 is 28.4 Å². The van der Waals surface area contributed by atoms with E-state index < -0.39 is 28.7 Å². The minimum atomic E-state index is -3.09. The van der Waals surface area contributed by atoms with Crippen molar-refractivity contribution in [1.29, 1.82) is 0 Å². The molecule has 9 nitrogen and oxygen atoms in total. The van der Waals surface area contributed by atoms with Crippen molar-refractivity contribution in [3.05, 3.63) is 100 Å². The highest BCUT2D eigenvalue weighted by molar-refractivity contribution is 7.79. The van der Waals surface area contributed by atoms with Crippen LogP contribution in [0.1, 0.15) is 47.1 Å². The monoisotopic (exact) mass is 666 g/mol. The van der Waals surface area contributed by atoms with Crippen LogP contribution in [0.4, 0.5) is 8.78 Å². The number of benzene rings is 3. The maximum absolute atomic E-state index is 15.3. The molecule has 240 valence electrons. The van der Waals surface area contributed by atoms with Gasteiger partial charge in [0, 0.05) is 28.5 Å². The zero-order valence-electron chi connectivity index (χ0n) is 25.2. The highest BCUT2D eigenvalue weighted by Gasteiger charge is 2.30. The second-order valence-corrected chi connectivity index (χ2v) is 12.5. The molecule has 5 aromatic rings. The third kappa shape index (κ3) is 6.92. The maximum atomic E-state index is 15.3. The van der Waals surface area contributed by atoms with Gasteiger partial charge in [-0.2, -0.15) is 5.10 Å². The molecule has 0 spiro atoms. The molecule has 0 amide bonds. The van der Waals surface area contributed by atoms with Crippen LogP contribution in [0.25, 0.3) is 27.5 Å². The molecule has 0 saturated heterocycles. The minimum absolute atomic E-state index is 0. The zero-order chi connectivity index (χ0) is 31.7. The van der Waals surface area contributed by atoms with Crippen molar-refractivity contribution in [2.75, 3.05) is 13.7 Å². The molecule has 2 heterocycles. The van der Waals surface area contributed by atoms with E-state index in [2.05, 4.69) is 4.98 Å². The van der Waals surface area contributed by atoms with Gasteiger partial charge in [-0.25, -0.2) is 23.2 Å². The smallest absolute Gasteiger partial charge is 0.357 e. The lowest BCUT2D eigenvalue weighted by atomic mass is 9.95. The van der Waals surface area contributed by atoms with Crippen LogP contribution in [0.15, 0.2) is 70.9 Å². The molecule has 6 rings (SSSR count). The minimum Gasteiger partial charge on any atom is -0.612 e. The summed E-state index contributed by atoms with van der Waals surface area (Å²) in [6.45, 7) is 1.93. The van der Waals surface area contributed by atoms with Gasteiger partial charge in [-0.3, -0.25) is 0 Å². The van der Waals surface area contributed by atoms with Crippen LogP contribution in [-0.4, -0.2) is 39.0 Å².